The Bertz CT molecular complexity index is 1190. The van der Waals surface area contributed by atoms with Gasteiger partial charge in [-0.05, 0) is 29.8 Å². The van der Waals surface area contributed by atoms with Crippen LogP contribution in [0.1, 0.15) is 21.6 Å². The normalized spacial score (nSPS) is 11.0. The average Bonchev–Trinajstić information content (AvgIpc) is 3.09. The molecule has 0 bridgehead atoms. The second-order valence-corrected chi connectivity index (χ2v) is 7.38. The Morgan fingerprint density at radius 3 is 2.57 bits per heavy atom. The number of benzene rings is 2. The third-order valence-electron chi connectivity index (χ3n) is 4.03. The van der Waals surface area contributed by atoms with Gasteiger partial charge in [-0.25, -0.2) is 0 Å². The smallest absolute Gasteiger partial charge is 0.274 e. The van der Waals surface area contributed by atoms with Gasteiger partial charge in [0.15, 0.2) is 5.78 Å². The number of carbonyl (C=O) groups is 1. The number of aromatic amines is 1. The van der Waals surface area contributed by atoms with Crippen LogP contribution in [0.2, 0.25) is 5.02 Å². The van der Waals surface area contributed by atoms with Gasteiger partial charge < -0.3 is 0 Å². The molecule has 0 aliphatic carbocycles. The standard InChI is InChI=1S/C19H14ClN5O2S/c20-14-8-6-13(7-9-14)16(26)11-28-19-23-22-18-21-17(27)15(24-25(18)19)10-12-4-2-1-3-5-12/h1-9H,10-11H2,(H,21,22,27). The molecule has 0 amide bonds. The van der Waals surface area contributed by atoms with E-state index in [9.17, 15) is 9.59 Å². The molecule has 140 valence electrons. The molecule has 0 aliphatic heterocycles. The molecule has 2 aromatic carbocycles. The van der Waals surface area contributed by atoms with Gasteiger partial charge in [-0.2, -0.15) is 9.61 Å². The molecule has 4 aromatic rings. The lowest BCUT2D eigenvalue weighted by atomic mass is 10.1. The first-order valence-electron chi connectivity index (χ1n) is 8.40. The fourth-order valence-corrected chi connectivity index (χ4v) is 3.52. The van der Waals surface area contributed by atoms with Gasteiger partial charge in [0, 0.05) is 17.0 Å². The number of halogens is 1. The van der Waals surface area contributed by atoms with Crippen molar-refractivity contribution in [3.05, 3.63) is 86.8 Å². The third-order valence-corrected chi connectivity index (χ3v) is 5.20. The summed E-state index contributed by atoms with van der Waals surface area (Å²) in [7, 11) is 0. The van der Waals surface area contributed by atoms with Gasteiger partial charge in [0.05, 0.1) is 5.75 Å². The predicted octanol–water partition coefficient (Wildman–Crippen LogP) is 3.03. The largest absolute Gasteiger partial charge is 0.293 e. The first kappa shape index (κ1) is 18.4. The van der Waals surface area contributed by atoms with E-state index in [2.05, 4.69) is 20.3 Å². The number of nitrogens with one attached hydrogen (secondary N) is 1. The highest BCUT2D eigenvalue weighted by atomic mass is 35.5. The quantitative estimate of drug-likeness (QED) is 0.387. The Labute approximate surface area is 168 Å². The molecular weight excluding hydrogens is 398 g/mol. The van der Waals surface area contributed by atoms with E-state index in [0.29, 0.717) is 27.9 Å². The maximum absolute atomic E-state index is 12.3. The summed E-state index contributed by atoms with van der Waals surface area (Å²) in [5.41, 5.74) is 1.58. The van der Waals surface area contributed by atoms with Gasteiger partial charge in [-0.1, -0.05) is 53.7 Å². The number of ketones is 1. The summed E-state index contributed by atoms with van der Waals surface area (Å²) in [6, 6.07) is 16.3. The minimum atomic E-state index is -0.308. The van der Waals surface area contributed by atoms with E-state index in [1.54, 1.807) is 24.3 Å². The molecular formula is C19H14ClN5O2S. The molecule has 7 nitrogen and oxygen atoms in total. The molecule has 0 aliphatic rings. The predicted molar refractivity (Wildman–Crippen MR) is 107 cm³/mol. The number of aromatic nitrogens is 5. The third kappa shape index (κ3) is 3.97. The number of thioether (sulfide) groups is 1. The molecule has 1 N–H and O–H groups in total. The summed E-state index contributed by atoms with van der Waals surface area (Å²) in [5.74, 6) is 0.340. The minimum Gasteiger partial charge on any atom is -0.293 e. The highest BCUT2D eigenvalue weighted by Crippen LogP contribution is 2.18. The van der Waals surface area contributed by atoms with Gasteiger partial charge in [0.1, 0.15) is 5.69 Å². The molecule has 0 atom stereocenters. The number of hydrogen-bond donors (Lipinski definition) is 1. The van der Waals surface area contributed by atoms with Crippen molar-refractivity contribution in [2.45, 2.75) is 11.6 Å². The van der Waals surface area contributed by atoms with Gasteiger partial charge in [-0.15, -0.1) is 10.2 Å². The van der Waals surface area contributed by atoms with E-state index in [0.717, 1.165) is 5.56 Å². The number of H-pyrrole nitrogens is 1. The van der Waals surface area contributed by atoms with Crippen LogP contribution in [0, 0.1) is 0 Å². The Morgan fingerprint density at radius 1 is 1.07 bits per heavy atom. The van der Waals surface area contributed by atoms with Crippen molar-refractivity contribution in [1.82, 2.24) is 24.8 Å². The van der Waals surface area contributed by atoms with Crippen LogP contribution in [0.25, 0.3) is 5.78 Å². The Morgan fingerprint density at radius 2 is 1.82 bits per heavy atom. The summed E-state index contributed by atoms with van der Waals surface area (Å²) in [6.07, 6.45) is 0.387. The zero-order valence-electron chi connectivity index (χ0n) is 14.5. The zero-order chi connectivity index (χ0) is 19.5. The average molecular weight is 412 g/mol. The molecule has 2 aromatic heterocycles. The van der Waals surface area contributed by atoms with Crippen LogP contribution >= 0.6 is 23.4 Å². The number of Topliss-reactive ketones (excluding diaryl/α,β-unsaturated/α-hetero) is 1. The summed E-state index contributed by atoms with van der Waals surface area (Å²) < 4.78 is 1.46. The van der Waals surface area contributed by atoms with E-state index in [-0.39, 0.29) is 22.9 Å². The highest BCUT2D eigenvalue weighted by molar-refractivity contribution is 7.99. The number of fused-ring (bicyclic) bond motifs is 1. The molecule has 0 fully saturated rings. The van der Waals surface area contributed by atoms with Crippen LogP contribution in [0.5, 0.6) is 0 Å². The lowest BCUT2D eigenvalue weighted by Crippen LogP contribution is -2.19. The summed E-state index contributed by atoms with van der Waals surface area (Å²) in [5, 5.41) is 13.4. The van der Waals surface area contributed by atoms with Crippen molar-refractivity contribution in [2.75, 3.05) is 5.75 Å². The van der Waals surface area contributed by atoms with E-state index < -0.39 is 0 Å². The topological polar surface area (TPSA) is 93.0 Å². The second-order valence-electron chi connectivity index (χ2n) is 6.00. The molecule has 0 saturated carbocycles. The van der Waals surface area contributed by atoms with Crippen LogP contribution in [-0.4, -0.2) is 36.3 Å². The fraction of sp³-hybridized carbons (Fsp3) is 0.105. The number of rotatable bonds is 6. The van der Waals surface area contributed by atoms with E-state index >= 15 is 0 Å². The van der Waals surface area contributed by atoms with Gasteiger partial charge in [-0.3, -0.25) is 14.6 Å². The monoisotopic (exact) mass is 411 g/mol. The highest BCUT2D eigenvalue weighted by Gasteiger charge is 2.14. The van der Waals surface area contributed by atoms with Crippen molar-refractivity contribution in [1.29, 1.82) is 0 Å². The summed E-state index contributed by atoms with van der Waals surface area (Å²) >= 11 is 7.06. The zero-order valence-corrected chi connectivity index (χ0v) is 16.1. The van der Waals surface area contributed by atoms with Gasteiger partial charge >= 0.3 is 0 Å². The molecule has 2 heterocycles. The van der Waals surface area contributed by atoms with Crippen molar-refractivity contribution in [2.24, 2.45) is 0 Å². The van der Waals surface area contributed by atoms with Crippen molar-refractivity contribution < 1.29 is 4.79 Å². The Hall–Kier alpha value is -2.97. The first-order valence-corrected chi connectivity index (χ1v) is 9.76. The van der Waals surface area contributed by atoms with Crippen LogP contribution in [0.3, 0.4) is 0 Å². The number of nitrogens with zero attached hydrogens (tertiary/aromatic N) is 4. The molecule has 0 radical (unpaired) electrons. The minimum absolute atomic E-state index is 0.0626. The maximum atomic E-state index is 12.3. The van der Waals surface area contributed by atoms with Crippen LogP contribution in [0.4, 0.5) is 0 Å². The number of hydrogen-bond acceptors (Lipinski definition) is 6. The number of carbonyl (C=O) groups excluding carboxylic acids is 1. The summed E-state index contributed by atoms with van der Waals surface area (Å²) in [4.78, 5) is 27.3. The van der Waals surface area contributed by atoms with E-state index in [1.807, 2.05) is 30.3 Å². The van der Waals surface area contributed by atoms with Gasteiger partial charge in [0.2, 0.25) is 5.16 Å². The van der Waals surface area contributed by atoms with E-state index in [1.165, 1.54) is 16.3 Å². The summed E-state index contributed by atoms with van der Waals surface area (Å²) in [6.45, 7) is 0. The van der Waals surface area contributed by atoms with Crippen LogP contribution in [0.15, 0.2) is 64.5 Å². The van der Waals surface area contributed by atoms with Crippen LogP contribution < -0.4 is 5.56 Å². The van der Waals surface area contributed by atoms with Crippen molar-refractivity contribution >= 4 is 34.9 Å². The van der Waals surface area contributed by atoms with Crippen molar-refractivity contribution in [3.8, 4) is 0 Å². The SMILES string of the molecule is O=C(CSc1nnc2[nH]c(=O)c(Cc3ccccc3)nn12)c1ccc(Cl)cc1. The lowest BCUT2D eigenvalue weighted by Gasteiger charge is -2.03. The molecule has 28 heavy (non-hydrogen) atoms. The van der Waals surface area contributed by atoms with E-state index in [4.69, 9.17) is 11.6 Å². The molecule has 9 heteroatoms. The first-order chi connectivity index (χ1) is 13.6. The lowest BCUT2D eigenvalue weighted by molar-refractivity contribution is 0.102. The second kappa shape index (κ2) is 7.95. The molecule has 0 saturated heterocycles. The van der Waals surface area contributed by atoms with Gasteiger partial charge in [0.25, 0.3) is 11.3 Å². The Kier molecular flexibility index (Phi) is 5.23. The fourth-order valence-electron chi connectivity index (χ4n) is 2.62. The Balaban J connectivity index is 1.56. The van der Waals surface area contributed by atoms with Crippen molar-refractivity contribution in [3.63, 3.8) is 0 Å². The van der Waals surface area contributed by atoms with Crippen LogP contribution in [-0.2, 0) is 6.42 Å². The maximum Gasteiger partial charge on any atom is 0.274 e. The molecule has 0 spiro atoms. The molecule has 0 unspecified atom stereocenters. The molecule has 4 rings (SSSR count).